The van der Waals surface area contributed by atoms with Gasteiger partial charge in [-0.3, -0.25) is 4.79 Å². The fraction of sp³-hybridized carbons (Fsp3) is 0.0667. The Morgan fingerprint density at radius 1 is 1.15 bits per heavy atom. The Kier molecular flexibility index (Phi) is 2.12. The third kappa shape index (κ3) is 1.43. The van der Waals surface area contributed by atoms with Crippen molar-refractivity contribution in [2.24, 2.45) is 4.99 Å². The monoisotopic (exact) mass is 262 g/mol. The molecule has 3 heterocycles. The van der Waals surface area contributed by atoms with Crippen molar-refractivity contribution in [2.75, 3.05) is 0 Å². The summed E-state index contributed by atoms with van der Waals surface area (Å²) in [4.78, 5) is 24.0. The molecule has 3 aromatic rings. The Balaban J connectivity index is 1.94. The number of benzene rings is 1. The average Bonchev–Trinajstić information content (AvgIpc) is 3.01. The molecule has 0 fully saturated rings. The quantitative estimate of drug-likeness (QED) is 0.676. The molecule has 0 radical (unpaired) electrons. The summed E-state index contributed by atoms with van der Waals surface area (Å²) >= 11 is 0. The molecule has 0 saturated heterocycles. The highest BCUT2D eigenvalue weighted by molar-refractivity contribution is 6.20. The van der Waals surface area contributed by atoms with Gasteiger partial charge in [-0.2, -0.15) is 0 Å². The van der Waals surface area contributed by atoms with Crippen LogP contribution >= 0.6 is 0 Å². The highest BCUT2D eigenvalue weighted by Gasteiger charge is 2.20. The number of amides is 1. The van der Waals surface area contributed by atoms with Crippen molar-refractivity contribution in [3.05, 3.63) is 54.1 Å². The summed E-state index contributed by atoms with van der Waals surface area (Å²) in [5.74, 6) is -0.163. The largest absolute Gasteiger partial charge is 0.301 e. The van der Waals surface area contributed by atoms with Gasteiger partial charge in [-0.1, -0.05) is 0 Å². The van der Waals surface area contributed by atoms with Crippen LogP contribution in [0, 0.1) is 0 Å². The van der Waals surface area contributed by atoms with E-state index >= 15 is 0 Å². The van der Waals surface area contributed by atoms with E-state index in [2.05, 4.69) is 15.0 Å². The minimum absolute atomic E-state index is 0.163. The van der Waals surface area contributed by atoms with E-state index in [1.165, 1.54) is 6.33 Å². The zero-order valence-corrected chi connectivity index (χ0v) is 10.7. The van der Waals surface area contributed by atoms with Gasteiger partial charge < -0.3 is 4.57 Å². The first-order valence-electron chi connectivity index (χ1n) is 6.25. The average molecular weight is 262 g/mol. The number of carbonyl (C=O) groups is 1. The first-order chi connectivity index (χ1) is 9.74. The Morgan fingerprint density at radius 3 is 2.95 bits per heavy atom. The molecule has 20 heavy (non-hydrogen) atoms. The molecule has 2 aromatic heterocycles. The fourth-order valence-electron chi connectivity index (χ4n) is 2.53. The highest BCUT2D eigenvalue weighted by atomic mass is 16.1. The molecule has 1 aliphatic heterocycles. The van der Waals surface area contributed by atoms with Crippen LogP contribution in [0.4, 0.5) is 0 Å². The predicted molar refractivity (Wildman–Crippen MR) is 75.4 cm³/mol. The van der Waals surface area contributed by atoms with E-state index in [4.69, 9.17) is 0 Å². The van der Waals surface area contributed by atoms with Crippen LogP contribution in [0.3, 0.4) is 0 Å². The second-order valence-corrected chi connectivity index (χ2v) is 4.72. The summed E-state index contributed by atoms with van der Waals surface area (Å²) in [5, 5.41) is 0.981. The molecule has 96 valence electrons. The van der Waals surface area contributed by atoms with Crippen molar-refractivity contribution in [1.29, 1.82) is 0 Å². The van der Waals surface area contributed by atoms with Gasteiger partial charge >= 0.3 is 0 Å². The highest BCUT2D eigenvalue weighted by Crippen LogP contribution is 2.24. The number of nitrogens with zero attached hydrogens (tertiary/aromatic N) is 4. The van der Waals surface area contributed by atoms with E-state index < -0.39 is 0 Å². The number of hydrogen-bond donors (Lipinski definition) is 0. The number of carbonyl (C=O) groups excluding carboxylic acids is 1. The van der Waals surface area contributed by atoms with Crippen molar-refractivity contribution in [3.63, 3.8) is 0 Å². The van der Waals surface area contributed by atoms with Crippen molar-refractivity contribution in [1.82, 2.24) is 14.5 Å². The van der Waals surface area contributed by atoms with Gasteiger partial charge in [-0.15, -0.1) is 0 Å². The van der Waals surface area contributed by atoms with Crippen molar-refractivity contribution in [2.45, 2.75) is 6.92 Å². The van der Waals surface area contributed by atoms with Crippen LogP contribution in [0.2, 0.25) is 0 Å². The summed E-state index contributed by atoms with van der Waals surface area (Å²) in [6.45, 7) is 1.85. The lowest BCUT2D eigenvalue weighted by atomic mass is 10.1. The molecule has 5 nitrogen and oxygen atoms in total. The van der Waals surface area contributed by atoms with Gasteiger partial charge in [0, 0.05) is 34.7 Å². The Morgan fingerprint density at radius 2 is 2.05 bits per heavy atom. The molecule has 0 bridgehead atoms. The van der Waals surface area contributed by atoms with Gasteiger partial charge in [0.25, 0.3) is 5.91 Å². The SMILES string of the molecule is CC1=NC(=O)c2ccc(-n3ccc4cncnc43)cc21. The fourth-order valence-corrected chi connectivity index (χ4v) is 2.53. The smallest absolute Gasteiger partial charge is 0.277 e. The van der Waals surface area contributed by atoms with Crippen LogP contribution in [0.25, 0.3) is 16.7 Å². The van der Waals surface area contributed by atoms with Crippen LogP contribution < -0.4 is 0 Å². The molecule has 0 N–H and O–H groups in total. The number of hydrogen-bond acceptors (Lipinski definition) is 3. The number of aliphatic imine (C=N–C) groups is 1. The lowest BCUT2D eigenvalue weighted by molar-refractivity contribution is 0.101. The van der Waals surface area contributed by atoms with Crippen molar-refractivity contribution >= 4 is 22.7 Å². The maximum absolute atomic E-state index is 11.7. The molecule has 0 aliphatic carbocycles. The zero-order valence-electron chi connectivity index (χ0n) is 10.7. The van der Waals surface area contributed by atoms with E-state index in [9.17, 15) is 4.79 Å². The van der Waals surface area contributed by atoms with Crippen LogP contribution in [-0.2, 0) is 0 Å². The molecule has 0 spiro atoms. The summed E-state index contributed by atoms with van der Waals surface area (Å²) < 4.78 is 1.98. The summed E-state index contributed by atoms with van der Waals surface area (Å²) in [6, 6.07) is 7.67. The summed E-state index contributed by atoms with van der Waals surface area (Å²) in [7, 11) is 0. The van der Waals surface area contributed by atoms with Gasteiger partial charge in [-0.25, -0.2) is 15.0 Å². The normalized spacial score (nSPS) is 13.7. The first-order valence-corrected chi connectivity index (χ1v) is 6.25. The van der Waals surface area contributed by atoms with Crippen molar-refractivity contribution in [3.8, 4) is 5.69 Å². The maximum Gasteiger partial charge on any atom is 0.277 e. The van der Waals surface area contributed by atoms with Crippen LogP contribution in [0.15, 0.2) is 48.0 Å². The lowest BCUT2D eigenvalue weighted by Crippen LogP contribution is -1.99. The number of aromatic nitrogens is 3. The van der Waals surface area contributed by atoms with E-state index in [1.807, 2.05) is 42.0 Å². The lowest BCUT2D eigenvalue weighted by Gasteiger charge is -2.07. The van der Waals surface area contributed by atoms with E-state index in [-0.39, 0.29) is 5.91 Å². The van der Waals surface area contributed by atoms with Gasteiger partial charge in [0.15, 0.2) is 0 Å². The minimum Gasteiger partial charge on any atom is -0.301 e. The van der Waals surface area contributed by atoms with Gasteiger partial charge in [0.05, 0.1) is 5.56 Å². The minimum atomic E-state index is -0.163. The third-order valence-corrected chi connectivity index (χ3v) is 3.52. The van der Waals surface area contributed by atoms with Gasteiger partial charge in [-0.05, 0) is 31.2 Å². The summed E-state index contributed by atoms with van der Waals surface area (Å²) in [5.41, 5.74) is 4.12. The standard InChI is InChI=1S/C15H10N4O/c1-9-13-6-11(2-3-12(13)15(20)18-9)19-5-4-10-7-16-8-17-14(10)19/h2-8H,1H3. The van der Waals surface area contributed by atoms with Crippen LogP contribution in [-0.4, -0.2) is 26.2 Å². The second-order valence-electron chi connectivity index (χ2n) is 4.72. The predicted octanol–water partition coefficient (Wildman–Crippen LogP) is 2.38. The molecular weight excluding hydrogens is 252 g/mol. The Hall–Kier alpha value is -2.82. The molecule has 1 aliphatic rings. The first kappa shape index (κ1) is 11.0. The molecule has 1 aromatic carbocycles. The van der Waals surface area contributed by atoms with E-state index in [0.717, 1.165) is 28.0 Å². The maximum atomic E-state index is 11.7. The van der Waals surface area contributed by atoms with Gasteiger partial charge in [0.1, 0.15) is 12.0 Å². The summed E-state index contributed by atoms with van der Waals surface area (Å²) in [6.07, 6.45) is 5.26. The second kappa shape index (κ2) is 3.84. The van der Waals surface area contributed by atoms with Crippen LogP contribution in [0.5, 0.6) is 0 Å². The number of fused-ring (bicyclic) bond motifs is 2. The Labute approximate surface area is 114 Å². The zero-order chi connectivity index (χ0) is 13.7. The molecule has 1 amide bonds. The van der Waals surface area contributed by atoms with Crippen LogP contribution in [0.1, 0.15) is 22.8 Å². The molecule has 0 saturated carbocycles. The molecule has 5 heteroatoms. The van der Waals surface area contributed by atoms with E-state index in [0.29, 0.717) is 5.56 Å². The topological polar surface area (TPSA) is 60.1 Å². The molecule has 4 rings (SSSR count). The van der Waals surface area contributed by atoms with Gasteiger partial charge in [0.2, 0.25) is 0 Å². The third-order valence-electron chi connectivity index (χ3n) is 3.52. The molecular formula is C15H10N4O. The Bertz CT molecular complexity index is 892. The number of rotatable bonds is 1. The molecule has 0 unspecified atom stereocenters. The van der Waals surface area contributed by atoms with E-state index in [1.54, 1.807) is 6.20 Å². The molecule has 0 atom stereocenters. The van der Waals surface area contributed by atoms with Crippen molar-refractivity contribution < 1.29 is 4.79 Å².